The largest absolute Gasteiger partial charge is 0.369 e. The maximum absolute atomic E-state index is 4.24. The quantitative estimate of drug-likeness (QED) is 0.520. The van der Waals surface area contributed by atoms with E-state index in [4.69, 9.17) is 0 Å². The van der Waals surface area contributed by atoms with E-state index in [1.165, 1.54) is 0 Å². The first kappa shape index (κ1) is 9.77. The molecular weight excluding hydrogens is 164 g/mol. The van der Waals surface area contributed by atoms with Crippen LogP contribution in [-0.2, 0) is 6.54 Å². The molecule has 0 aliphatic heterocycles. The molecule has 13 heavy (non-hydrogen) atoms. The summed E-state index contributed by atoms with van der Waals surface area (Å²) in [7, 11) is 3.88. The van der Waals surface area contributed by atoms with Gasteiger partial charge in [0.15, 0.2) is 0 Å². The number of rotatable bonds is 4. The van der Waals surface area contributed by atoms with Gasteiger partial charge in [-0.3, -0.25) is 0 Å². The highest BCUT2D eigenvalue weighted by atomic mass is 15.2. The molecule has 0 aromatic carbocycles. The molecule has 1 rings (SSSR count). The summed E-state index contributed by atoms with van der Waals surface area (Å²) >= 11 is 0. The van der Waals surface area contributed by atoms with Gasteiger partial charge in [0.1, 0.15) is 0 Å². The molecule has 0 spiro atoms. The average molecular weight is 180 g/mol. The Morgan fingerprint density at radius 2 is 2.38 bits per heavy atom. The van der Waals surface area contributed by atoms with Gasteiger partial charge in [0.05, 0.1) is 6.34 Å². The summed E-state index contributed by atoms with van der Waals surface area (Å²) in [4.78, 5) is 10.3. The van der Waals surface area contributed by atoms with Gasteiger partial charge in [-0.15, -0.1) is 0 Å². The van der Waals surface area contributed by atoms with Gasteiger partial charge in [-0.1, -0.05) is 6.92 Å². The maximum Gasteiger partial charge on any atom is 0.230 e. The summed E-state index contributed by atoms with van der Waals surface area (Å²) in [6.45, 7) is 3.11. The summed E-state index contributed by atoms with van der Waals surface area (Å²) in [6.07, 6.45) is 6.58. The van der Waals surface area contributed by atoms with Gasteiger partial charge in [0.25, 0.3) is 0 Å². The van der Waals surface area contributed by atoms with E-state index >= 15 is 0 Å². The van der Waals surface area contributed by atoms with Crippen molar-refractivity contribution in [2.75, 3.05) is 14.1 Å². The molecule has 1 aromatic heterocycles. The van der Waals surface area contributed by atoms with Crippen molar-refractivity contribution in [1.82, 2.24) is 14.5 Å². The second-order valence-corrected chi connectivity index (χ2v) is 3.13. The van der Waals surface area contributed by atoms with E-state index < -0.39 is 0 Å². The minimum Gasteiger partial charge on any atom is -0.369 e. The molecule has 0 aliphatic carbocycles. The molecule has 0 unspecified atom stereocenters. The molecule has 0 radical (unpaired) electrons. The number of hydrogen-bond donors (Lipinski definition) is 0. The van der Waals surface area contributed by atoms with E-state index in [0.29, 0.717) is 0 Å². The zero-order chi connectivity index (χ0) is 9.68. The first-order chi connectivity index (χ1) is 6.24. The summed E-state index contributed by atoms with van der Waals surface area (Å²) in [5, 5.41) is 0. The van der Waals surface area contributed by atoms with E-state index in [-0.39, 0.29) is 0 Å². The van der Waals surface area contributed by atoms with Gasteiger partial charge < -0.3 is 9.47 Å². The van der Waals surface area contributed by atoms with Crippen LogP contribution in [0, 0.1) is 0 Å². The van der Waals surface area contributed by atoms with Crippen molar-refractivity contribution in [2.24, 2.45) is 4.99 Å². The van der Waals surface area contributed by atoms with Crippen molar-refractivity contribution in [2.45, 2.75) is 19.9 Å². The Hall–Kier alpha value is -1.32. The molecule has 4 nitrogen and oxygen atoms in total. The van der Waals surface area contributed by atoms with E-state index in [9.17, 15) is 0 Å². The van der Waals surface area contributed by atoms with Crippen LogP contribution in [0.2, 0.25) is 0 Å². The van der Waals surface area contributed by atoms with Crippen molar-refractivity contribution in [3.8, 4) is 0 Å². The van der Waals surface area contributed by atoms with Crippen LogP contribution in [-0.4, -0.2) is 34.9 Å². The minimum atomic E-state index is 0.774. The number of aromatic nitrogens is 2. The summed E-state index contributed by atoms with van der Waals surface area (Å²) < 4.78 is 2.04. The van der Waals surface area contributed by atoms with Crippen LogP contribution >= 0.6 is 0 Å². The van der Waals surface area contributed by atoms with Crippen LogP contribution < -0.4 is 0 Å². The number of aryl methyl sites for hydroxylation is 1. The van der Waals surface area contributed by atoms with E-state index in [1.54, 1.807) is 12.5 Å². The van der Waals surface area contributed by atoms with Gasteiger partial charge in [-0.05, 0) is 6.42 Å². The molecule has 0 bridgehead atoms. The monoisotopic (exact) mass is 180 g/mol. The van der Waals surface area contributed by atoms with E-state index in [2.05, 4.69) is 16.9 Å². The lowest BCUT2D eigenvalue weighted by molar-refractivity contribution is 0.638. The Labute approximate surface area is 78.9 Å². The van der Waals surface area contributed by atoms with Crippen molar-refractivity contribution in [3.63, 3.8) is 0 Å². The third-order valence-electron chi connectivity index (χ3n) is 1.56. The predicted octanol–water partition coefficient (Wildman–Crippen LogP) is 1.51. The smallest absolute Gasteiger partial charge is 0.230 e. The van der Waals surface area contributed by atoms with Gasteiger partial charge in [-0.25, -0.2) is 9.98 Å². The number of hydrogen-bond acceptors (Lipinski definition) is 2. The van der Waals surface area contributed by atoms with Gasteiger partial charge in [0.2, 0.25) is 5.95 Å². The van der Waals surface area contributed by atoms with Gasteiger partial charge in [0, 0.05) is 33.0 Å². The van der Waals surface area contributed by atoms with Gasteiger partial charge >= 0.3 is 0 Å². The lowest BCUT2D eigenvalue weighted by Gasteiger charge is -2.03. The summed E-state index contributed by atoms with van der Waals surface area (Å²) in [5.74, 6) is 0.774. The molecule has 0 N–H and O–H groups in total. The highest BCUT2D eigenvalue weighted by Crippen LogP contribution is 2.08. The SMILES string of the molecule is CCCn1ccnc1N=CN(C)C. The van der Waals surface area contributed by atoms with Crippen molar-refractivity contribution >= 4 is 12.3 Å². The molecule has 0 amide bonds. The van der Waals surface area contributed by atoms with Crippen LogP contribution in [0.4, 0.5) is 5.95 Å². The second kappa shape index (κ2) is 4.64. The van der Waals surface area contributed by atoms with Crippen LogP contribution in [0.25, 0.3) is 0 Å². The van der Waals surface area contributed by atoms with E-state index in [0.717, 1.165) is 18.9 Å². The Morgan fingerprint density at radius 1 is 1.62 bits per heavy atom. The zero-order valence-electron chi connectivity index (χ0n) is 8.44. The molecular formula is C9H16N4. The first-order valence-electron chi connectivity index (χ1n) is 4.45. The Morgan fingerprint density at radius 3 is 3.00 bits per heavy atom. The lowest BCUT2D eigenvalue weighted by Crippen LogP contribution is -2.07. The number of imidazole rings is 1. The molecule has 0 aliphatic rings. The van der Waals surface area contributed by atoms with E-state index in [1.807, 2.05) is 29.8 Å². The van der Waals surface area contributed by atoms with Crippen LogP contribution in [0.5, 0.6) is 0 Å². The Bertz CT molecular complexity index is 275. The molecule has 1 heterocycles. The third-order valence-corrected chi connectivity index (χ3v) is 1.56. The van der Waals surface area contributed by atoms with Crippen LogP contribution in [0.3, 0.4) is 0 Å². The van der Waals surface area contributed by atoms with Crippen molar-refractivity contribution < 1.29 is 0 Å². The molecule has 0 atom stereocenters. The third kappa shape index (κ3) is 2.89. The fourth-order valence-corrected chi connectivity index (χ4v) is 1.01. The molecule has 0 fully saturated rings. The molecule has 1 aromatic rings. The normalized spacial score (nSPS) is 11.0. The topological polar surface area (TPSA) is 33.4 Å². The molecule has 0 saturated carbocycles. The minimum absolute atomic E-state index is 0.774. The predicted molar refractivity (Wildman–Crippen MR) is 54.4 cm³/mol. The fraction of sp³-hybridized carbons (Fsp3) is 0.556. The maximum atomic E-state index is 4.24. The lowest BCUT2D eigenvalue weighted by atomic mass is 10.5. The first-order valence-corrected chi connectivity index (χ1v) is 4.45. The number of nitrogens with zero attached hydrogens (tertiary/aromatic N) is 4. The summed E-state index contributed by atoms with van der Waals surface area (Å²) in [5.41, 5.74) is 0. The van der Waals surface area contributed by atoms with Gasteiger partial charge in [-0.2, -0.15) is 0 Å². The fourth-order valence-electron chi connectivity index (χ4n) is 1.01. The summed E-state index contributed by atoms with van der Waals surface area (Å²) in [6, 6.07) is 0. The highest BCUT2D eigenvalue weighted by Gasteiger charge is 1.97. The number of aliphatic imine (C=N–C) groups is 1. The zero-order valence-corrected chi connectivity index (χ0v) is 8.44. The molecule has 72 valence electrons. The Balaban J connectivity index is 2.70. The Kier molecular flexibility index (Phi) is 3.49. The standard InChI is InChI=1S/C9H16N4/c1-4-6-13-7-5-10-9(13)11-8-12(2)3/h5,7-8H,4,6H2,1-3H3. The average Bonchev–Trinajstić information content (AvgIpc) is 2.49. The van der Waals surface area contributed by atoms with Crippen LogP contribution in [0.15, 0.2) is 17.4 Å². The molecule has 4 heteroatoms. The highest BCUT2D eigenvalue weighted by molar-refractivity contribution is 5.57. The second-order valence-electron chi connectivity index (χ2n) is 3.13. The van der Waals surface area contributed by atoms with Crippen molar-refractivity contribution in [1.29, 1.82) is 0 Å². The van der Waals surface area contributed by atoms with Crippen LogP contribution in [0.1, 0.15) is 13.3 Å². The van der Waals surface area contributed by atoms with Crippen molar-refractivity contribution in [3.05, 3.63) is 12.4 Å². The molecule has 0 saturated heterocycles.